The van der Waals surface area contributed by atoms with E-state index in [9.17, 15) is 4.79 Å². The Bertz CT molecular complexity index is 382. The quantitative estimate of drug-likeness (QED) is 0.730. The Morgan fingerprint density at radius 2 is 1.78 bits per heavy atom. The normalized spacial score (nSPS) is 11.5. The molecule has 0 spiro atoms. The van der Waals surface area contributed by atoms with Crippen molar-refractivity contribution >= 4 is 5.97 Å². The number of benzene rings is 1. The van der Waals surface area contributed by atoms with E-state index in [0.717, 1.165) is 19.4 Å². The van der Waals surface area contributed by atoms with E-state index in [-0.39, 0.29) is 0 Å². The van der Waals surface area contributed by atoms with Gasteiger partial charge >= 0.3 is 5.97 Å². The lowest BCUT2D eigenvalue weighted by molar-refractivity contribution is -0.146. The molecule has 0 atom stereocenters. The predicted octanol–water partition coefficient (Wildman–Crippen LogP) is 2.49. The van der Waals surface area contributed by atoms with Crippen molar-refractivity contribution < 1.29 is 9.90 Å². The summed E-state index contributed by atoms with van der Waals surface area (Å²) in [5.74, 6) is -0.762. The summed E-state index contributed by atoms with van der Waals surface area (Å²) < 4.78 is 0. The largest absolute Gasteiger partial charge is 0.481 e. The summed E-state index contributed by atoms with van der Waals surface area (Å²) in [6.07, 6.45) is 1.99. The van der Waals surface area contributed by atoms with Gasteiger partial charge in [-0.3, -0.25) is 4.79 Å². The Hall–Kier alpha value is -1.35. The van der Waals surface area contributed by atoms with Gasteiger partial charge in [0.2, 0.25) is 0 Å². The molecule has 1 aromatic carbocycles. The van der Waals surface area contributed by atoms with Crippen molar-refractivity contribution in [2.24, 2.45) is 5.41 Å². The second-order valence-corrected chi connectivity index (χ2v) is 5.29. The molecule has 18 heavy (non-hydrogen) atoms. The van der Waals surface area contributed by atoms with Crippen molar-refractivity contribution in [1.29, 1.82) is 0 Å². The van der Waals surface area contributed by atoms with E-state index in [1.165, 1.54) is 11.1 Å². The number of aryl methyl sites for hydroxylation is 1. The monoisotopic (exact) mass is 249 g/mol. The van der Waals surface area contributed by atoms with Crippen LogP contribution in [0.25, 0.3) is 0 Å². The van der Waals surface area contributed by atoms with Crippen molar-refractivity contribution in [2.75, 3.05) is 13.1 Å². The molecule has 0 heterocycles. The number of carbonyl (C=O) groups is 1. The highest BCUT2D eigenvalue weighted by atomic mass is 16.4. The van der Waals surface area contributed by atoms with Crippen LogP contribution in [0.1, 0.15) is 31.9 Å². The predicted molar refractivity (Wildman–Crippen MR) is 73.8 cm³/mol. The molecule has 0 unspecified atom stereocenters. The van der Waals surface area contributed by atoms with Crippen LogP contribution in [0.3, 0.4) is 0 Å². The highest BCUT2D eigenvalue weighted by Crippen LogP contribution is 2.13. The average molecular weight is 249 g/mol. The van der Waals surface area contributed by atoms with Crippen molar-refractivity contribution in [3.63, 3.8) is 0 Å². The molecule has 0 aliphatic rings. The van der Waals surface area contributed by atoms with Crippen LogP contribution in [0.15, 0.2) is 24.3 Å². The second kappa shape index (κ2) is 6.55. The maximum atomic E-state index is 10.9. The molecule has 1 rings (SSSR count). The summed E-state index contributed by atoms with van der Waals surface area (Å²) in [6, 6.07) is 8.58. The highest BCUT2D eigenvalue weighted by Gasteiger charge is 2.26. The zero-order chi connectivity index (χ0) is 13.6. The van der Waals surface area contributed by atoms with Gasteiger partial charge in [-0.15, -0.1) is 0 Å². The molecule has 0 fully saturated rings. The first kappa shape index (κ1) is 14.7. The molecule has 3 heteroatoms. The lowest BCUT2D eigenvalue weighted by atomic mass is 9.94. The number of hydrogen-bond donors (Lipinski definition) is 2. The zero-order valence-corrected chi connectivity index (χ0v) is 11.5. The van der Waals surface area contributed by atoms with Crippen LogP contribution in [0.2, 0.25) is 0 Å². The van der Waals surface area contributed by atoms with Crippen molar-refractivity contribution in [2.45, 2.75) is 33.6 Å². The van der Waals surface area contributed by atoms with E-state index >= 15 is 0 Å². The molecule has 0 aliphatic carbocycles. The van der Waals surface area contributed by atoms with E-state index < -0.39 is 11.4 Å². The molecule has 2 N–H and O–H groups in total. The van der Waals surface area contributed by atoms with Crippen LogP contribution < -0.4 is 5.32 Å². The molecule has 1 aromatic rings. The third-order valence-corrected chi connectivity index (χ3v) is 3.17. The first-order chi connectivity index (χ1) is 8.45. The SMILES string of the molecule is CCc1ccc(CCNCC(C)(C)C(=O)O)cc1. The smallest absolute Gasteiger partial charge is 0.310 e. The number of aliphatic carboxylic acids is 1. The molecule has 0 saturated carbocycles. The van der Waals surface area contributed by atoms with E-state index in [2.05, 4.69) is 36.5 Å². The van der Waals surface area contributed by atoms with Crippen molar-refractivity contribution in [3.8, 4) is 0 Å². The minimum absolute atomic E-state index is 0.495. The summed E-state index contributed by atoms with van der Waals surface area (Å²) >= 11 is 0. The molecule has 0 bridgehead atoms. The van der Waals surface area contributed by atoms with Gasteiger partial charge in [0, 0.05) is 6.54 Å². The Balaban J connectivity index is 2.31. The lowest BCUT2D eigenvalue weighted by Gasteiger charge is -2.19. The summed E-state index contributed by atoms with van der Waals surface area (Å²) in [6.45, 7) is 6.92. The van der Waals surface area contributed by atoms with Crippen LogP contribution in [0, 0.1) is 5.41 Å². The number of carboxylic acid groups (broad SMARTS) is 1. The second-order valence-electron chi connectivity index (χ2n) is 5.29. The van der Waals surface area contributed by atoms with Gasteiger partial charge in [0.1, 0.15) is 0 Å². The maximum Gasteiger partial charge on any atom is 0.310 e. The Morgan fingerprint density at radius 1 is 1.22 bits per heavy atom. The Kier molecular flexibility index (Phi) is 5.35. The van der Waals surface area contributed by atoms with Crippen LogP contribution in [-0.2, 0) is 17.6 Å². The molecule has 3 nitrogen and oxygen atoms in total. The molecule has 100 valence electrons. The molecular formula is C15H23NO2. The molecular weight excluding hydrogens is 226 g/mol. The van der Waals surface area contributed by atoms with Gasteiger partial charge in [-0.2, -0.15) is 0 Å². The third-order valence-electron chi connectivity index (χ3n) is 3.17. The summed E-state index contributed by atoms with van der Waals surface area (Å²) in [7, 11) is 0. The van der Waals surface area contributed by atoms with Gasteiger partial charge in [-0.1, -0.05) is 31.2 Å². The van der Waals surface area contributed by atoms with E-state index in [1.54, 1.807) is 13.8 Å². The van der Waals surface area contributed by atoms with E-state index in [1.807, 2.05) is 0 Å². The van der Waals surface area contributed by atoms with E-state index in [0.29, 0.717) is 6.54 Å². The maximum absolute atomic E-state index is 10.9. The Labute approximate surface area is 109 Å². The highest BCUT2D eigenvalue weighted by molar-refractivity contribution is 5.73. The van der Waals surface area contributed by atoms with Crippen LogP contribution in [0.5, 0.6) is 0 Å². The fourth-order valence-electron chi connectivity index (χ4n) is 1.65. The van der Waals surface area contributed by atoms with Crippen LogP contribution in [0.4, 0.5) is 0 Å². The number of hydrogen-bond acceptors (Lipinski definition) is 2. The summed E-state index contributed by atoms with van der Waals surface area (Å²) in [4.78, 5) is 10.9. The fourth-order valence-corrected chi connectivity index (χ4v) is 1.65. The number of nitrogens with one attached hydrogen (secondary N) is 1. The Morgan fingerprint density at radius 3 is 2.28 bits per heavy atom. The minimum atomic E-state index is -0.762. The summed E-state index contributed by atoms with van der Waals surface area (Å²) in [5.41, 5.74) is 1.93. The van der Waals surface area contributed by atoms with Gasteiger partial charge in [0.05, 0.1) is 5.41 Å². The van der Waals surface area contributed by atoms with Gasteiger partial charge in [0.25, 0.3) is 0 Å². The van der Waals surface area contributed by atoms with E-state index in [4.69, 9.17) is 5.11 Å². The van der Waals surface area contributed by atoms with Crippen molar-refractivity contribution in [3.05, 3.63) is 35.4 Å². The summed E-state index contributed by atoms with van der Waals surface area (Å²) in [5, 5.41) is 12.2. The zero-order valence-electron chi connectivity index (χ0n) is 11.5. The molecule has 0 amide bonds. The van der Waals surface area contributed by atoms with Gasteiger partial charge < -0.3 is 10.4 Å². The lowest BCUT2D eigenvalue weighted by Crippen LogP contribution is -2.36. The third kappa shape index (κ3) is 4.49. The minimum Gasteiger partial charge on any atom is -0.481 e. The van der Waals surface area contributed by atoms with Gasteiger partial charge in [-0.25, -0.2) is 0 Å². The molecule has 0 aromatic heterocycles. The average Bonchev–Trinajstić information content (AvgIpc) is 2.35. The molecule has 0 radical (unpaired) electrons. The topological polar surface area (TPSA) is 49.3 Å². The molecule has 0 saturated heterocycles. The fraction of sp³-hybridized carbons (Fsp3) is 0.533. The molecule has 0 aliphatic heterocycles. The first-order valence-corrected chi connectivity index (χ1v) is 6.47. The van der Waals surface area contributed by atoms with Crippen LogP contribution in [-0.4, -0.2) is 24.2 Å². The van der Waals surface area contributed by atoms with Gasteiger partial charge in [0.15, 0.2) is 0 Å². The first-order valence-electron chi connectivity index (χ1n) is 6.47. The van der Waals surface area contributed by atoms with Crippen molar-refractivity contribution in [1.82, 2.24) is 5.32 Å². The van der Waals surface area contributed by atoms with Crippen LogP contribution >= 0.6 is 0 Å². The standard InChI is InChI=1S/C15H23NO2/c1-4-12-5-7-13(8-6-12)9-10-16-11-15(2,3)14(17)18/h5-8,16H,4,9-11H2,1-3H3,(H,17,18). The van der Waals surface area contributed by atoms with Gasteiger partial charge in [-0.05, 0) is 44.4 Å². The number of rotatable bonds is 7. The number of carboxylic acids is 1.